The summed E-state index contributed by atoms with van der Waals surface area (Å²) in [5, 5.41) is 5.17. The summed E-state index contributed by atoms with van der Waals surface area (Å²) in [4.78, 5) is 33.7. The zero-order chi connectivity index (χ0) is 23.8. The average molecular weight is 462 g/mol. The molecule has 34 heavy (non-hydrogen) atoms. The number of halogens is 1. The van der Waals surface area contributed by atoms with E-state index in [1.54, 1.807) is 12.4 Å². The van der Waals surface area contributed by atoms with Crippen LogP contribution in [0.5, 0.6) is 0 Å². The largest absolute Gasteiger partial charge is 0.346 e. The van der Waals surface area contributed by atoms with E-state index >= 15 is 0 Å². The number of aromatic nitrogens is 1. The summed E-state index contributed by atoms with van der Waals surface area (Å²) in [5.41, 5.74) is 2.50. The number of hydrogen-bond acceptors (Lipinski definition) is 5. The molecule has 176 valence electrons. The van der Waals surface area contributed by atoms with Gasteiger partial charge in [-0.05, 0) is 35.4 Å². The number of piperazine rings is 1. The van der Waals surface area contributed by atoms with E-state index in [-0.39, 0.29) is 18.3 Å². The van der Waals surface area contributed by atoms with Crippen molar-refractivity contribution in [3.05, 3.63) is 96.1 Å². The first-order valence-electron chi connectivity index (χ1n) is 11.3. The normalized spacial score (nSPS) is 15.4. The molecule has 1 aliphatic heterocycles. The molecule has 7 nitrogen and oxygen atoms in total. The van der Waals surface area contributed by atoms with Crippen LogP contribution in [0.4, 0.5) is 10.1 Å². The first kappa shape index (κ1) is 23.5. The number of anilines is 1. The van der Waals surface area contributed by atoms with Gasteiger partial charge in [-0.25, -0.2) is 4.39 Å². The lowest BCUT2D eigenvalue weighted by molar-refractivity contribution is -0.136. The number of amides is 2. The van der Waals surface area contributed by atoms with Crippen LogP contribution in [0.1, 0.15) is 17.2 Å². The van der Waals surface area contributed by atoms with Gasteiger partial charge < -0.3 is 10.6 Å². The Balaban J connectivity index is 1.35. The van der Waals surface area contributed by atoms with Crippen molar-refractivity contribution in [3.63, 3.8) is 0 Å². The maximum absolute atomic E-state index is 13.3. The number of hydrogen-bond donors (Lipinski definition) is 2. The number of carbonyl (C=O) groups is 2. The van der Waals surface area contributed by atoms with Gasteiger partial charge in [0, 0.05) is 57.3 Å². The standard InChI is InChI=1S/C26H28FN5O2/c27-22-9-4-10-23(16-22)30-26(34)25(33)29-18-24(21-8-5-11-28-17-21)32-14-12-31(13-15-32)19-20-6-2-1-3-7-20/h1-11,16-17,24H,12-15,18-19H2,(H,29,33)(H,30,34)/t24-/m1/s1. The molecule has 8 heteroatoms. The lowest BCUT2D eigenvalue weighted by atomic mass is 10.1. The lowest BCUT2D eigenvalue weighted by Crippen LogP contribution is -2.50. The van der Waals surface area contributed by atoms with Crippen LogP contribution in [0, 0.1) is 5.82 Å². The fourth-order valence-electron chi connectivity index (χ4n) is 4.13. The first-order valence-corrected chi connectivity index (χ1v) is 11.3. The molecular formula is C26H28FN5O2. The Hall–Kier alpha value is -3.62. The van der Waals surface area contributed by atoms with Crippen LogP contribution < -0.4 is 10.6 Å². The molecule has 0 aliphatic carbocycles. The van der Waals surface area contributed by atoms with E-state index in [0.717, 1.165) is 38.3 Å². The highest BCUT2D eigenvalue weighted by atomic mass is 19.1. The Morgan fingerprint density at radius 2 is 1.74 bits per heavy atom. The minimum Gasteiger partial charge on any atom is -0.346 e. The zero-order valence-electron chi connectivity index (χ0n) is 18.9. The highest BCUT2D eigenvalue weighted by Gasteiger charge is 2.26. The molecule has 0 radical (unpaired) electrons. The van der Waals surface area contributed by atoms with E-state index in [2.05, 4.69) is 49.7 Å². The monoisotopic (exact) mass is 461 g/mol. The minimum absolute atomic E-state index is 0.113. The second-order valence-electron chi connectivity index (χ2n) is 8.27. The summed E-state index contributed by atoms with van der Waals surface area (Å²) in [6.45, 7) is 4.64. The smallest absolute Gasteiger partial charge is 0.313 e. The van der Waals surface area contributed by atoms with Gasteiger partial charge >= 0.3 is 11.8 Å². The predicted octanol–water partition coefficient (Wildman–Crippen LogP) is 2.83. The van der Waals surface area contributed by atoms with E-state index in [9.17, 15) is 14.0 Å². The molecule has 1 atom stereocenters. The molecule has 1 aromatic heterocycles. The van der Waals surface area contributed by atoms with E-state index < -0.39 is 17.6 Å². The van der Waals surface area contributed by atoms with Gasteiger partial charge in [-0.1, -0.05) is 42.5 Å². The Morgan fingerprint density at radius 3 is 2.44 bits per heavy atom. The van der Waals surface area contributed by atoms with Crippen LogP contribution in [-0.2, 0) is 16.1 Å². The van der Waals surface area contributed by atoms with Crippen molar-refractivity contribution in [1.29, 1.82) is 0 Å². The first-order chi connectivity index (χ1) is 16.6. The van der Waals surface area contributed by atoms with E-state index in [1.165, 1.54) is 29.8 Å². The molecule has 0 unspecified atom stereocenters. The summed E-state index contributed by atoms with van der Waals surface area (Å²) in [7, 11) is 0. The molecule has 0 bridgehead atoms. The van der Waals surface area contributed by atoms with Gasteiger partial charge in [0.25, 0.3) is 0 Å². The predicted molar refractivity (Wildman–Crippen MR) is 128 cm³/mol. The summed E-state index contributed by atoms with van der Waals surface area (Å²) in [6, 6.07) is 19.6. The zero-order valence-corrected chi connectivity index (χ0v) is 18.9. The molecule has 1 aliphatic rings. The molecule has 2 aromatic carbocycles. The average Bonchev–Trinajstić information content (AvgIpc) is 2.86. The van der Waals surface area contributed by atoms with Crippen molar-refractivity contribution >= 4 is 17.5 Å². The maximum Gasteiger partial charge on any atom is 0.313 e. The summed E-state index contributed by atoms with van der Waals surface area (Å²) in [6.07, 6.45) is 3.50. The fraction of sp³-hybridized carbons (Fsp3) is 0.269. The second-order valence-corrected chi connectivity index (χ2v) is 8.27. The summed E-state index contributed by atoms with van der Waals surface area (Å²) >= 11 is 0. The molecule has 1 saturated heterocycles. The topological polar surface area (TPSA) is 77.6 Å². The van der Waals surface area contributed by atoms with Gasteiger partial charge in [-0.15, -0.1) is 0 Å². The highest BCUT2D eigenvalue weighted by Crippen LogP contribution is 2.22. The molecule has 2 N–H and O–H groups in total. The Labute approximate surface area is 198 Å². The molecular weight excluding hydrogens is 433 g/mol. The number of carbonyl (C=O) groups excluding carboxylic acids is 2. The Bertz CT molecular complexity index is 1090. The van der Waals surface area contributed by atoms with Crippen molar-refractivity contribution in [2.75, 3.05) is 38.0 Å². The van der Waals surface area contributed by atoms with E-state index in [1.807, 2.05) is 18.2 Å². The maximum atomic E-state index is 13.3. The number of nitrogens with one attached hydrogen (secondary N) is 2. The van der Waals surface area contributed by atoms with Gasteiger partial charge in [-0.3, -0.25) is 24.4 Å². The third kappa shape index (κ3) is 6.46. The second kappa shape index (κ2) is 11.5. The van der Waals surface area contributed by atoms with Crippen LogP contribution in [0.3, 0.4) is 0 Å². The van der Waals surface area contributed by atoms with Gasteiger partial charge in [0.05, 0.1) is 6.04 Å². The highest BCUT2D eigenvalue weighted by molar-refractivity contribution is 6.39. The van der Waals surface area contributed by atoms with Crippen molar-refractivity contribution in [2.24, 2.45) is 0 Å². The molecule has 3 aromatic rings. The third-order valence-electron chi connectivity index (χ3n) is 5.91. The van der Waals surface area contributed by atoms with Gasteiger partial charge in [0.15, 0.2) is 0 Å². The van der Waals surface area contributed by atoms with E-state index in [0.29, 0.717) is 0 Å². The van der Waals surface area contributed by atoms with Gasteiger partial charge in [-0.2, -0.15) is 0 Å². The van der Waals surface area contributed by atoms with Crippen molar-refractivity contribution in [3.8, 4) is 0 Å². The molecule has 1 fully saturated rings. The minimum atomic E-state index is -0.830. The van der Waals surface area contributed by atoms with Gasteiger partial charge in [0.2, 0.25) is 0 Å². The van der Waals surface area contributed by atoms with Crippen LogP contribution in [0.2, 0.25) is 0 Å². The molecule has 2 heterocycles. The van der Waals surface area contributed by atoms with Crippen LogP contribution in [0.15, 0.2) is 79.1 Å². The fourth-order valence-corrected chi connectivity index (χ4v) is 4.13. The number of pyridine rings is 1. The third-order valence-corrected chi connectivity index (χ3v) is 5.91. The Kier molecular flexibility index (Phi) is 7.95. The molecule has 2 amide bonds. The van der Waals surface area contributed by atoms with Crippen LogP contribution >= 0.6 is 0 Å². The summed E-state index contributed by atoms with van der Waals surface area (Å²) in [5.74, 6) is -2.08. The summed E-state index contributed by atoms with van der Waals surface area (Å²) < 4.78 is 13.3. The lowest BCUT2D eigenvalue weighted by Gasteiger charge is -2.39. The number of benzene rings is 2. The van der Waals surface area contributed by atoms with E-state index in [4.69, 9.17) is 0 Å². The molecule has 0 spiro atoms. The molecule has 4 rings (SSSR count). The number of rotatable bonds is 7. The SMILES string of the molecule is O=C(NC[C@H](c1cccnc1)N1CCN(Cc2ccccc2)CC1)C(=O)Nc1cccc(F)c1. The quantitative estimate of drug-likeness (QED) is 0.529. The van der Waals surface area contributed by atoms with Gasteiger partial charge in [0.1, 0.15) is 5.82 Å². The van der Waals surface area contributed by atoms with Crippen molar-refractivity contribution in [1.82, 2.24) is 20.1 Å². The number of nitrogens with zero attached hydrogens (tertiary/aromatic N) is 3. The Morgan fingerprint density at radius 1 is 0.941 bits per heavy atom. The van der Waals surface area contributed by atoms with Crippen molar-refractivity contribution in [2.45, 2.75) is 12.6 Å². The van der Waals surface area contributed by atoms with Crippen LogP contribution in [-0.4, -0.2) is 59.3 Å². The van der Waals surface area contributed by atoms with Crippen LogP contribution in [0.25, 0.3) is 0 Å². The van der Waals surface area contributed by atoms with Crippen molar-refractivity contribution < 1.29 is 14.0 Å². The molecule has 0 saturated carbocycles.